The Morgan fingerprint density at radius 1 is 0.281 bits per heavy atom. The van der Waals surface area contributed by atoms with Gasteiger partial charge < -0.3 is 18.5 Å². The molecule has 0 bridgehead atoms. The van der Waals surface area contributed by atoms with Crippen molar-refractivity contribution in [2.75, 3.05) is 4.90 Å². The molecule has 11 aromatic carbocycles. The minimum atomic E-state index is 0.876. The van der Waals surface area contributed by atoms with Gasteiger partial charge in [-0.25, -0.2) is 0 Å². The van der Waals surface area contributed by atoms with Gasteiger partial charge in [-0.15, -0.1) is 0 Å². The van der Waals surface area contributed by atoms with Gasteiger partial charge in [-0.1, -0.05) is 140 Å². The highest BCUT2D eigenvalue weighted by atomic mass is 16.3. The zero-order valence-corrected chi connectivity index (χ0v) is 34.6. The predicted octanol–water partition coefficient (Wildman–Crippen LogP) is 16.7. The van der Waals surface area contributed by atoms with Crippen molar-refractivity contribution in [3.05, 3.63) is 224 Å². The first-order chi connectivity index (χ1) is 31.8. The molecule has 0 amide bonds. The van der Waals surface area contributed by atoms with Crippen LogP contribution in [0.1, 0.15) is 0 Å². The summed E-state index contributed by atoms with van der Waals surface area (Å²) in [7, 11) is 0. The van der Waals surface area contributed by atoms with Gasteiger partial charge in [0.05, 0.1) is 27.8 Å². The third-order valence-corrected chi connectivity index (χ3v) is 13.4. The molecule has 14 aromatic rings. The first-order valence-electron chi connectivity index (χ1n) is 21.9. The minimum absolute atomic E-state index is 0.876. The molecular weight excluding hydrogens is 779 g/mol. The molecule has 3 heterocycles. The van der Waals surface area contributed by atoms with Crippen molar-refractivity contribution in [2.45, 2.75) is 0 Å². The standard InChI is InChI=1S/C60H37N3O/c1-2-15-38(16-3-1)62-54-25-11-8-21-47(54)50-24-14-27-57(60(50)62)63-55-26-12-9-22-48(55)52-36-40(30-33-56(52)63)61(41-31-34-59-53(37-41)49-23-10-13-28-58(49)64-59)39-29-32-46-44-19-5-4-17-42(44)43-18-6-7-20-45(43)51(46)35-39/h1-37H. The average Bonchev–Trinajstić information content (AvgIpc) is 4.02. The maximum atomic E-state index is 6.36. The van der Waals surface area contributed by atoms with Crippen molar-refractivity contribution >= 4 is 115 Å². The quantitative estimate of drug-likeness (QED) is 0.162. The number of anilines is 3. The first-order valence-corrected chi connectivity index (χ1v) is 21.9. The molecule has 0 fully saturated rings. The van der Waals surface area contributed by atoms with Gasteiger partial charge in [0, 0.05) is 55.1 Å². The SMILES string of the molecule is c1ccc(-n2c3ccccc3c3cccc(-n4c5ccccc5c5cc(N(c6ccc7oc8ccccc8c7c6)c6ccc7c8ccccc8c8ccccc8c7c6)ccc54)c32)cc1. The van der Waals surface area contributed by atoms with Crippen LogP contribution in [0.15, 0.2) is 229 Å². The fourth-order valence-electron chi connectivity index (χ4n) is 10.7. The van der Waals surface area contributed by atoms with Crippen LogP contribution in [-0.4, -0.2) is 9.13 Å². The van der Waals surface area contributed by atoms with Crippen molar-refractivity contribution < 1.29 is 4.42 Å². The molecule has 0 aliphatic rings. The molecule has 0 aliphatic heterocycles. The molecule has 0 aliphatic carbocycles. The average molecular weight is 816 g/mol. The maximum Gasteiger partial charge on any atom is 0.135 e. The van der Waals surface area contributed by atoms with E-state index in [-0.39, 0.29) is 0 Å². The summed E-state index contributed by atoms with van der Waals surface area (Å²) in [6, 6.07) is 81.7. The van der Waals surface area contributed by atoms with E-state index in [1.807, 2.05) is 6.07 Å². The normalized spacial score (nSPS) is 12.1. The number of rotatable bonds is 5. The third-order valence-electron chi connectivity index (χ3n) is 13.4. The van der Waals surface area contributed by atoms with Crippen molar-refractivity contribution in [1.82, 2.24) is 9.13 Å². The van der Waals surface area contributed by atoms with Crippen LogP contribution in [0.25, 0.3) is 109 Å². The van der Waals surface area contributed by atoms with Gasteiger partial charge in [-0.3, -0.25) is 0 Å². The molecule has 0 radical (unpaired) electrons. The summed E-state index contributed by atoms with van der Waals surface area (Å²) in [6.45, 7) is 0. The maximum absolute atomic E-state index is 6.36. The molecule has 4 heteroatoms. The van der Waals surface area contributed by atoms with Gasteiger partial charge >= 0.3 is 0 Å². The molecule has 0 unspecified atom stereocenters. The van der Waals surface area contributed by atoms with Gasteiger partial charge in [0.1, 0.15) is 11.2 Å². The molecule has 0 saturated carbocycles. The highest BCUT2D eigenvalue weighted by Gasteiger charge is 2.23. The van der Waals surface area contributed by atoms with E-state index in [9.17, 15) is 0 Å². The number of benzene rings is 11. The predicted molar refractivity (Wildman–Crippen MR) is 270 cm³/mol. The molecule has 3 aromatic heterocycles. The Hall–Kier alpha value is -8.60. The van der Waals surface area contributed by atoms with Crippen molar-refractivity contribution in [1.29, 1.82) is 0 Å². The van der Waals surface area contributed by atoms with Crippen molar-refractivity contribution in [3.63, 3.8) is 0 Å². The summed E-state index contributed by atoms with van der Waals surface area (Å²) in [5.74, 6) is 0. The molecule has 0 saturated heterocycles. The number of aromatic nitrogens is 2. The Kier molecular flexibility index (Phi) is 7.36. The Morgan fingerprint density at radius 3 is 1.47 bits per heavy atom. The van der Waals surface area contributed by atoms with Crippen LogP contribution >= 0.6 is 0 Å². The Morgan fingerprint density at radius 2 is 0.750 bits per heavy atom. The summed E-state index contributed by atoms with van der Waals surface area (Å²) in [5.41, 5.74) is 11.9. The molecule has 0 atom stereocenters. The second-order valence-electron chi connectivity index (χ2n) is 16.9. The molecule has 0 spiro atoms. The summed E-state index contributed by atoms with van der Waals surface area (Å²) in [4.78, 5) is 2.42. The van der Waals surface area contributed by atoms with E-state index in [1.54, 1.807) is 0 Å². The van der Waals surface area contributed by atoms with Crippen molar-refractivity contribution in [3.8, 4) is 11.4 Å². The Balaban J connectivity index is 1.04. The molecule has 4 nitrogen and oxygen atoms in total. The zero-order chi connectivity index (χ0) is 41.9. The van der Waals surface area contributed by atoms with E-state index >= 15 is 0 Å². The smallest absolute Gasteiger partial charge is 0.135 e. The summed E-state index contributed by atoms with van der Waals surface area (Å²) in [5, 5.41) is 14.6. The lowest BCUT2D eigenvalue weighted by Gasteiger charge is -2.26. The molecule has 298 valence electrons. The molecular formula is C60H37N3O. The summed E-state index contributed by atoms with van der Waals surface area (Å²) < 4.78 is 11.3. The summed E-state index contributed by atoms with van der Waals surface area (Å²) >= 11 is 0. The topological polar surface area (TPSA) is 26.2 Å². The van der Waals surface area contributed by atoms with E-state index in [0.717, 1.165) is 61.4 Å². The third kappa shape index (κ3) is 4.99. The number of nitrogens with zero attached hydrogens (tertiary/aromatic N) is 3. The molecule has 14 rings (SSSR count). The van der Waals surface area contributed by atoms with E-state index in [2.05, 4.69) is 232 Å². The Bertz CT molecular complexity index is 4170. The van der Waals surface area contributed by atoms with Crippen LogP contribution in [0.3, 0.4) is 0 Å². The van der Waals surface area contributed by atoms with Crippen LogP contribution in [0, 0.1) is 0 Å². The van der Waals surface area contributed by atoms with Crippen LogP contribution in [0.5, 0.6) is 0 Å². The van der Waals surface area contributed by atoms with E-state index in [4.69, 9.17) is 4.42 Å². The Labute approximate surface area is 367 Å². The van der Waals surface area contributed by atoms with Crippen LogP contribution < -0.4 is 4.90 Å². The van der Waals surface area contributed by atoms with Crippen LogP contribution in [0.4, 0.5) is 17.1 Å². The highest BCUT2D eigenvalue weighted by molar-refractivity contribution is 6.26. The lowest BCUT2D eigenvalue weighted by atomic mass is 9.94. The van der Waals surface area contributed by atoms with E-state index < -0.39 is 0 Å². The van der Waals surface area contributed by atoms with Crippen molar-refractivity contribution in [2.24, 2.45) is 0 Å². The summed E-state index contributed by atoms with van der Waals surface area (Å²) in [6.07, 6.45) is 0. The van der Waals surface area contributed by atoms with E-state index in [0.29, 0.717) is 0 Å². The second-order valence-corrected chi connectivity index (χ2v) is 16.9. The lowest BCUT2D eigenvalue weighted by molar-refractivity contribution is 0.669. The van der Waals surface area contributed by atoms with Gasteiger partial charge in [0.25, 0.3) is 0 Å². The van der Waals surface area contributed by atoms with Gasteiger partial charge in [-0.05, 0) is 117 Å². The van der Waals surface area contributed by atoms with Crippen LogP contribution in [0.2, 0.25) is 0 Å². The van der Waals surface area contributed by atoms with Gasteiger partial charge in [0.2, 0.25) is 0 Å². The zero-order valence-electron chi connectivity index (χ0n) is 34.6. The second kappa shape index (κ2) is 13.4. The number of furan rings is 1. The number of fused-ring (bicyclic) bond motifs is 15. The number of para-hydroxylation sites is 5. The minimum Gasteiger partial charge on any atom is -0.456 e. The largest absolute Gasteiger partial charge is 0.456 e. The monoisotopic (exact) mass is 815 g/mol. The fraction of sp³-hybridized carbons (Fsp3) is 0. The molecule has 64 heavy (non-hydrogen) atoms. The van der Waals surface area contributed by atoms with E-state index in [1.165, 1.54) is 64.9 Å². The molecule has 0 N–H and O–H groups in total. The highest BCUT2D eigenvalue weighted by Crippen LogP contribution is 2.45. The fourth-order valence-corrected chi connectivity index (χ4v) is 10.7. The number of hydrogen-bond donors (Lipinski definition) is 0. The first kappa shape index (κ1) is 35.0. The number of hydrogen-bond acceptors (Lipinski definition) is 2. The van der Waals surface area contributed by atoms with Crippen LogP contribution in [-0.2, 0) is 0 Å². The lowest BCUT2D eigenvalue weighted by Crippen LogP contribution is -2.10. The van der Waals surface area contributed by atoms with Gasteiger partial charge in [0.15, 0.2) is 0 Å². The van der Waals surface area contributed by atoms with Gasteiger partial charge in [-0.2, -0.15) is 0 Å².